The van der Waals surface area contributed by atoms with E-state index in [4.69, 9.17) is 4.74 Å². The highest BCUT2D eigenvalue weighted by Crippen LogP contribution is 2.27. The molecular weight excluding hydrogens is 232 g/mol. The average Bonchev–Trinajstić information content (AvgIpc) is 2.98. The monoisotopic (exact) mass is 246 g/mol. The van der Waals surface area contributed by atoms with Gasteiger partial charge in [0.15, 0.2) is 0 Å². The molecule has 1 aromatic heterocycles. The maximum atomic E-state index is 12.1. The molecule has 0 radical (unpaired) electrons. The van der Waals surface area contributed by atoms with E-state index in [1.54, 1.807) is 11.3 Å². The number of carbonyl (C=O) groups is 1. The molecule has 1 aliphatic rings. The second-order valence-corrected chi connectivity index (χ2v) is 5.37. The molecule has 17 heavy (non-hydrogen) atoms. The van der Waals surface area contributed by atoms with E-state index in [1.165, 1.54) is 15.6 Å². The number of hydrogen-bond donors (Lipinski definition) is 0. The van der Waals surface area contributed by atoms with Crippen LogP contribution in [0.4, 0.5) is 0 Å². The minimum absolute atomic E-state index is 0.119. The molecule has 1 unspecified atom stereocenters. The van der Waals surface area contributed by atoms with Gasteiger partial charge >= 0.3 is 0 Å². The van der Waals surface area contributed by atoms with E-state index in [0.29, 0.717) is 18.8 Å². The van der Waals surface area contributed by atoms with Crippen LogP contribution in [0.2, 0.25) is 0 Å². The number of Topliss-reactive ketones (excluding diaryl/α,β-unsaturated/α-hetero) is 1. The summed E-state index contributed by atoms with van der Waals surface area (Å²) in [5.41, 5.74) is 1.17. The van der Waals surface area contributed by atoms with Crippen LogP contribution in [-0.4, -0.2) is 19.0 Å². The molecule has 2 aromatic rings. The van der Waals surface area contributed by atoms with Gasteiger partial charge in [0.1, 0.15) is 5.78 Å². The van der Waals surface area contributed by atoms with Crippen LogP contribution in [0.1, 0.15) is 12.0 Å². The Morgan fingerprint density at radius 3 is 3.12 bits per heavy atom. The quantitative estimate of drug-likeness (QED) is 0.832. The van der Waals surface area contributed by atoms with Crippen LogP contribution < -0.4 is 0 Å². The minimum Gasteiger partial charge on any atom is -0.381 e. The highest BCUT2D eigenvalue weighted by Gasteiger charge is 2.23. The average molecular weight is 246 g/mol. The summed E-state index contributed by atoms with van der Waals surface area (Å²) in [7, 11) is 0. The Labute approximate surface area is 104 Å². The third kappa shape index (κ3) is 2.13. The SMILES string of the molecule is O=C(Cc1csc2ccccc12)C1CCOC1. The predicted octanol–water partition coefficient (Wildman–Crippen LogP) is 3.05. The second kappa shape index (κ2) is 4.59. The Balaban J connectivity index is 1.82. The molecule has 0 aliphatic carbocycles. The van der Waals surface area contributed by atoms with Gasteiger partial charge in [-0.15, -0.1) is 11.3 Å². The third-order valence-electron chi connectivity index (χ3n) is 3.31. The highest BCUT2D eigenvalue weighted by atomic mass is 32.1. The summed E-state index contributed by atoms with van der Waals surface area (Å²) < 4.78 is 6.53. The van der Waals surface area contributed by atoms with Gasteiger partial charge in [0.2, 0.25) is 0 Å². The van der Waals surface area contributed by atoms with Crippen LogP contribution in [0.3, 0.4) is 0 Å². The molecule has 2 nitrogen and oxygen atoms in total. The van der Waals surface area contributed by atoms with Gasteiger partial charge in [0.05, 0.1) is 6.61 Å². The van der Waals surface area contributed by atoms with E-state index >= 15 is 0 Å². The van der Waals surface area contributed by atoms with Crippen molar-refractivity contribution < 1.29 is 9.53 Å². The summed E-state index contributed by atoms with van der Waals surface area (Å²) in [4.78, 5) is 12.1. The fourth-order valence-corrected chi connectivity index (χ4v) is 3.25. The third-order valence-corrected chi connectivity index (χ3v) is 4.32. The highest BCUT2D eigenvalue weighted by molar-refractivity contribution is 7.17. The lowest BCUT2D eigenvalue weighted by molar-refractivity contribution is -0.122. The van der Waals surface area contributed by atoms with Crippen LogP contribution in [0.15, 0.2) is 29.6 Å². The summed E-state index contributed by atoms with van der Waals surface area (Å²) >= 11 is 1.71. The number of hydrogen-bond acceptors (Lipinski definition) is 3. The van der Waals surface area contributed by atoms with E-state index in [9.17, 15) is 4.79 Å². The summed E-state index contributed by atoms with van der Waals surface area (Å²) in [6.07, 6.45) is 1.44. The molecule has 0 N–H and O–H groups in total. The first-order valence-corrected chi connectivity index (χ1v) is 6.78. The lowest BCUT2D eigenvalue weighted by Gasteiger charge is -2.05. The van der Waals surface area contributed by atoms with Crippen LogP contribution >= 0.6 is 11.3 Å². The Morgan fingerprint density at radius 2 is 2.29 bits per heavy atom. The number of ether oxygens (including phenoxy) is 1. The Hall–Kier alpha value is -1.19. The zero-order valence-corrected chi connectivity index (χ0v) is 10.3. The normalized spacial score (nSPS) is 19.9. The standard InChI is InChI=1S/C14H14O2S/c15-13(10-5-6-16-8-10)7-11-9-17-14-4-2-1-3-12(11)14/h1-4,9-10H,5-8H2. The molecule has 3 heteroatoms. The van der Waals surface area contributed by atoms with E-state index in [0.717, 1.165) is 13.0 Å². The van der Waals surface area contributed by atoms with E-state index in [-0.39, 0.29) is 5.92 Å². The van der Waals surface area contributed by atoms with Crippen LogP contribution in [-0.2, 0) is 16.0 Å². The van der Waals surface area contributed by atoms with Crippen LogP contribution in [0.5, 0.6) is 0 Å². The topological polar surface area (TPSA) is 26.3 Å². The maximum absolute atomic E-state index is 12.1. The largest absolute Gasteiger partial charge is 0.381 e. The molecule has 1 saturated heterocycles. The molecule has 0 spiro atoms. The molecule has 0 saturated carbocycles. The fourth-order valence-electron chi connectivity index (χ4n) is 2.29. The Kier molecular flexibility index (Phi) is 2.95. The molecule has 1 atom stereocenters. The van der Waals surface area contributed by atoms with Gasteiger partial charge < -0.3 is 4.74 Å². The van der Waals surface area contributed by atoms with Crippen molar-refractivity contribution in [3.63, 3.8) is 0 Å². The van der Waals surface area contributed by atoms with Crippen molar-refractivity contribution in [2.45, 2.75) is 12.8 Å². The minimum atomic E-state index is 0.119. The van der Waals surface area contributed by atoms with E-state index in [1.807, 2.05) is 12.1 Å². The fraction of sp³-hybridized carbons (Fsp3) is 0.357. The van der Waals surface area contributed by atoms with Crippen molar-refractivity contribution >= 4 is 27.2 Å². The molecule has 1 fully saturated rings. The molecule has 88 valence electrons. The molecule has 3 rings (SSSR count). The summed E-state index contributed by atoms with van der Waals surface area (Å²) in [6.45, 7) is 1.35. The first kappa shape index (κ1) is 10.9. The zero-order valence-electron chi connectivity index (χ0n) is 9.52. The number of thiophene rings is 1. The van der Waals surface area contributed by atoms with Crippen molar-refractivity contribution in [3.8, 4) is 0 Å². The van der Waals surface area contributed by atoms with Gasteiger partial charge in [-0.05, 0) is 28.8 Å². The molecule has 1 aromatic carbocycles. The number of benzene rings is 1. The summed E-state index contributed by atoms with van der Waals surface area (Å²) in [5, 5.41) is 3.34. The van der Waals surface area contributed by atoms with Crippen molar-refractivity contribution in [1.29, 1.82) is 0 Å². The van der Waals surface area contributed by atoms with Gasteiger partial charge in [-0.25, -0.2) is 0 Å². The Morgan fingerprint density at radius 1 is 1.41 bits per heavy atom. The van der Waals surface area contributed by atoms with Gasteiger partial charge in [-0.1, -0.05) is 18.2 Å². The molecule has 2 heterocycles. The number of carbonyl (C=O) groups excluding carboxylic acids is 1. The molecule has 1 aliphatic heterocycles. The van der Waals surface area contributed by atoms with Gasteiger partial charge in [0, 0.05) is 23.6 Å². The predicted molar refractivity (Wildman–Crippen MR) is 69.5 cm³/mol. The lowest BCUT2D eigenvalue weighted by atomic mass is 9.97. The maximum Gasteiger partial charge on any atom is 0.142 e. The smallest absolute Gasteiger partial charge is 0.142 e. The number of fused-ring (bicyclic) bond motifs is 1. The van der Waals surface area contributed by atoms with Crippen LogP contribution in [0, 0.1) is 5.92 Å². The van der Waals surface area contributed by atoms with Crippen LogP contribution in [0.25, 0.3) is 10.1 Å². The van der Waals surface area contributed by atoms with E-state index in [2.05, 4.69) is 17.5 Å². The van der Waals surface area contributed by atoms with Gasteiger partial charge in [0.25, 0.3) is 0 Å². The molecular formula is C14H14O2S. The second-order valence-electron chi connectivity index (χ2n) is 4.46. The first-order valence-electron chi connectivity index (χ1n) is 5.90. The lowest BCUT2D eigenvalue weighted by Crippen LogP contribution is -2.16. The molecule has 0 bridgehead atoms. The number of ketones is 1. The van der Waals surface area contributed by atoms with Crippen molar-refractivity contribution in [1.82, 2.24) is 0 Å². The van der Waals surface area contributed by atoms with E-state index < -0.39 is 0 Å². The van der Waals surface area contributed by atoms with Gasteiger partial charge in [-0.2, -0.15) is 0 Å². The molecule has 0 amide bonds. The first-order chi connectivity index (χ1) is 8.34. The van der Waals surface area contributed by atoms with Crippen molar-refractivity contribution in [3.05, 3.63) is 35.2 Å². The zero-order chi connectivity index (χ0) is 11.7. The summed E-state index contributed by atoms with van der Waals surface area (Å²) in [5.74, 6) is 0.444. The Bertz CT molecular complexity index is 538. The van der Waals surface area contributed by atoms with Gasteiger partial charge in [-0.3, -0.25) is 4.79 Å². The van der Waals surface area contributed by atoms with Crippen molar-refractivity contribution in [2.75, 3.05) is 13.2 Å². The number of rotatable bonds is 3. The van der Waals surface area contributed by atoms with Crippen molar-refractivity contribution in [2.24, 2.45) is 5.92 Å². The summed E-state index contributed by atoms with van der Waals surface area (Å²) in [6, 6.07) is 8.27.